The molecule has 0 spiro atoms. The normalized spacial score (nSPS) is 25.8. The van der Waals surface area contributed by atoms with Gasteiger partial charge in [-0.2, -0.15) is 0 Å². The molecule has 1 aromatic rings. The first-order chi connectivity index (χ1) is 10.5. The molecular formula is C16H21ClF2N2OS. The van der Waals surface area contributed by atoms with Gasteiger partial charge in [0.15, 0.2) is 11.6 Å². The van der Waals surface area contributed by atoms with Crippen molar-refractivity contribution in [3.63, 3.8) is 0 Å². The van der Waals surface area contributed by atoms with Crippen molar-refractivity contribution in [2.45, 2.75) is 48.7 Å². The first-order valence-electron chi connectivity index (χ1n) is 7.62. The Morgan fingerprint density at radius 3 is 2.52 bits per heavy atom. The van der Waals surface area contributed by atoms with Gasteiger partial charge in [0, 0.05) is 30.1 Å². The van der Waals surface area contributed by atoms with Crippen LogP contribution < -0.4 is 5.32 Å². The Labute approximate surface area is 145 Å². The van der Waals surface area contributed by atoms with E-state index in [4.69, 9.17) is 0 Å². The van der Waals surface area contributed by atoms with Crippen LogP contribution in [0.5, 0.6) is 0 Å². The zero-order valence-corrected chi connectivity index (χ0v) is 14.6. The smallest absolute Gasteiger partial charge is 0.232 e. The molecule has 2 aliphatic heterocycles. The number of fused-ring (bicyclic) bond motifs is 2. The number of benzene rings is 1. The minimum absolute atomic E-state index is 0. The van der Waals surface area contributed by atoms with Crippen LogP contribution in [-0.4, -0.2) is 41.7 Å². The molecule has 1 aromatic carbocycles. The molecule has 2 atom stereocenters. The SMILES string of the molecule is CN(C(=O)CSc1ccc(F)c(F)c1)C1CC2CCC(C1)N2.Cl. The number of piperidine rings is 1. The number of hydrogen-bond acceptors (Lipinski definition) is 3. The Hall–Kier alpha value is -0.850. The Morgan fingerprint density at radius 2 is 1.91 bits per heavy atom. The topological polar surface area (TPSA) is 32.3 Å². The van der Waals surface area contributed by atoms with E-state index in [1.165, 1.54) is 30.7 Å². The van der Waals surface area contributed by atoms with Crippen molar-refractivity contribution in [3.05, 3.63) is 29.8 Å². The molecule has 0 aliphatic carbocycles. The summed E-state index contributed by atoms with van der Waals surface area (Å²) in [4.78, 5) is 14.7. The summed E-state index contributed by atoms with van der Waals surface area (Å²) in [5.41, 5.74) is 0. The lowest BCUT2D eigenvalue weighted by Gasteiger charge is -2.35. The highest BCUT2D eigenvalue weighted by Crippen LogP contribution is 2.30. The molecule has 2 aliphatic rings. The number of halogens is 3. The largest absolute Gasteiger partial charge is 0.342 e. The Balaban J connectivity index is 0.00000192. The van der Waals surface area contributed by atoms with Crippen LogP contribution in [0.2, 0.25) is 0 Å². The number of rotatable bonds is 4. The number of nitrogens with zero attached hydrogens (tertiary/aromatic N) is 1. The summed E-state index contributed by atoms with van der Waals surface area (Å²) in [6.07, 6.45) is 4.42. The first kappa shape index (κ1) is 18.5. The summed E-state index contributed by atoms with van der Waals surface area (Å²) in [5.74, 6) is -1.44. The molecule has 2 fully saturated rings. The summed E-state index contributed by atoms with van der Waals surface area (Å²) < 4.78 is 26.0. The van der Waals surface area contributed by atoms with Crippen LogP contribution in [0, 0.1) is 11.6 Å². The van der Waals surface area contributed by atoms with Crippen LogP contribution in [0.25, 0.3) is 0 Å². The van der Waals surface area contributed by atoms with E-state index in [1.54, 1.807) is 0 Å². The number of hydrogen-bond donors (Lipinski definition) is 1. The maximum atomic E-state index is 13.2. The van der Waals surface area contributed by atoms with Gasteiger partial charge in [-0.3, -0.25) is 4.79 Å². The van der Waals surface area contributed by atoms with E-state index >= 15 is 0 Å². The zero-order valence-electron chi connectivity index (χ0n) is 12.9. The summed E-state index contributed by atoms with van der Waals surface area (Å²) >= 11 is 1.25. The Bertz CT molecular complexity index is 563. The summed E-state index contributed by atoms with van der Waals surface area (Å²) in [7, 11) is 1.85. The Morgan fingerprint density at radius 1 is 1.26 bits per heavy atom. The van der Waals surface area contributed by atoms with Gasteiger partial charge in [-0.25, -0.2) is 8.78 Å². The maximum absolute atomic E-state index is 13.2. The monoisotopic (exact) mass is 362 g/mol. The van der Waals surface area contributed by atoms with Crippen LogP contribution in [0.15, 0.2) is 23.1 Å². The average molecular weight is 363 g/mol. The van der Waals surface area contributed by atoms with E-state index in [9.17, 15) is 13.6 Å². The molecule has 0 radical (unpaired) electrons. The van der Waals surface area contributed by atoms with Gasteiger partial charge < -0.3 is 10.2 Å². The highest BCUT2D eigenvalue weighted by atomic mass is 35.5. The second-order valence-corrected chi connectivity index (χ2v) is 7.18. The summed E-state index contributed by atoms with van der Waals surface area (Å²) in [6.45, 7) is 0. The van der Waals surface area contributed by atoms with Gasteiger partial charge in [0.05, 0.1) is 5.75 Å². The molecule has 2 heterocycles. The fourth-order valence-electron chi connectivity index (χ4n) is 3.36. The maximum Gasteiger partial charge on any atom is 0.232 e. The molecule has 3 rings (SSSR count). The molecule has 2 unspecified atom stereocenters. The lowest BCUT2D eigenvalue weighted by molar-refractivity contribution is -0.129. The number of carbonyl (C=O) groups excluding carboxylic acids is 1. The van der Waals surface area contributed by atoms with E-state index in [1.807, 2.05) is 11.9 Å². The second kappa shape index (κ2) is 7.81. The lowest BCUT2D eigenvalue weighted by atomic mass is 9.98. The third kappa shape index (κ3) is 4.37. The highest BCUT2D eigenvalue weighted by Gasteiger charge is 2.36. The molecule has 0 saturated carbocycles. The van der Waals surface area contributed by atoms with Crippen LogP contribution in [0.4, 0.5) is 8.78 Å². The van der Waals surface area contributed by atoms with Gasteiger partial charge in [-0.05, 0) is 43.9 Å². The molecular weight excluding hydrogens is 342 g/mol. The number of amides is 1. The number of carbonyl (C=O) groups is 1. The Kier molecular flexibility index (Phi) is 6.28. The molecule has 128 valence electrons. The molecule has 1 N–H and O–H groups in total. The van der Waals surface area contributed by atoms with E-state index in [-0.39, 0.29) is 30.1 Å². The first-order valence-corrected chi connectivity index (χ1v) is 8.61. The molecule has 0 aromatic heterocycles. The summed E-state index contributed by atoms with van der Waals surface area (Å²) in [6, 6.07) is 5.10. The van der Waals surface area contributed by atoms with E-state index < -0.39 is 11.6 Å². The van der Waals surface area contributed by atoms with Crippen LogP contribution >= 0.6 is 24.2 Å². The zero-order chi connectivity index (χ0) is 15.7. The van der Waals surface area contributed by atoms with Crippen molar-refractivity contribution in [2.75, 3.05) is 12.8 Å². The van der Waals surface area contributed by atoms with Gasteiger partial charge in [0.25, 0.3) is 0 Å². The van der Waals surface area contributed by atoms with Crippen LogP contribution in [-0.2, 0) is 4.79 Å². The van der Waals surface area contributed by atoms with Gasteiger partial charge in [-0.15, -0.1) is 24.2 Å². The quantitative estimate of drug-likeness (QED) is 0.835. The summed E-state index contributed by atoms with van der Waals surface area (Å²) in [5, 5.41) is 3.56. The molecule has 2 bridgehead atoms. The molecule has 7 heteroatoms. The van der Waals surface area contributed by atoms with Gasteiger partial charge in [0.2, 0.25) is 5.91 Å². The predicted octanol–water partition coefficient (Wildman–Crippen LogP) is 3.22. The van der Waals surface area contributed by atoms with Crippen molar-refractivity contribution in [1.29, 1.82) is 0 Å². The van der Waals surface area contributed by atoms with Crippen molar-refractivity contribution >= 4 is 30.1 Å². The standard InChI is InChI=1S/C16H20F2N2OS.ClH/c1-20(12-6-10-2-3-11(7-12)19-10)16(21)9-22-13-4-5-14(17)15(18)8-13;/h4-5,8,10-12,19H,2-3,6-7,9H2,1H3;1H. The second-order valence-electron chi connectivity index (χ2n) is 6.13. The van der Waals surface area contributed by atoms with E-state index in [0.717, 1.165) is 25.0 Å². The number of thioether (sulfide) groups is 1. The van der Waals surface area contributed by atoms with Crippen molar-refractivity contribution in [2.24, 2.45) is 0 Å². The predicted molar refractivity (Wildman–Crippen MR) is 90.1 cm³/mol. The van der Waals surface area contributed by atoms with E-state index in [2.05, 4.69) is 5.32 Å². The van der Waals surface area contributed by atoms with Gasteiger partial charge in [-0.1, -0.05) is 0 Å². The molecule has 2 saturated heterocycles. The lowest BCUT2D eigenvalue weighted by Crippen LogP contribution is -2.49. The minimum atomic E-state index is -0.874. The van der Waals surface area contributed by atoms with Crippen LogP contribution in [0.1, 0.15) is 25.7 Å². The molecule has 3 nitrogen and oxygen atoms in total. The van der Waals surface area contributed by atoms with Crippen molar-refractivity contribution in [1.82, 2.24) is 10.2 Å². The van der Waals surface area contributed by atoms with Gasteiger partial charge in [0.1, 0.15) is 0 Å². The third-order valence-corrected chi connectivity index (χ3v) is 5.62. The van der Waals surface area contributed by atoms with Crippen molar-refractivity contribution in [3.8, 4) is 0 Å². The third-order valence-electron chi connectivity index (χ3n) is 4.64. The van der Waals surface area contributed by atoms with E-state index in [0.29, 0.717) is 17.0 Å². The molecule has 23 heavy (non-hydrogen) atoms. The fourth-order valence-corrected chi connectivity index (χ4v) is 4.21. The van der Waals surface area contributed by atoms with Crippen molar-refractivity contribution < 1.29 is 13.6 Å². The van der Waals surface area contributed by atoms with Crippen LogP contribution in [0.3, 0.4) is 0 Å². The van der Waals surface area contributed by atoms with Gasteiger partial charge >= 0.3 is 0 Å². The minimum Gasteiger partial charge on any atom is -0.342 e. The number of nitrogens with one attached hydrogen (secondary N) is 1. The fraction of sp³-hybridized carbons (Fsp3) is 0.562. The average Bonchev–Trinajstić information content (AvgIpc) is 2.85. The highest BCUT2D eigenvalue weighted by molar-refractivity contribution is 8.00. The molecule has 1 amide bonds.